The van der Waals surface area contributed by atoms with Crippen LogP contribution in [0.5, 0.6) is 0 Å². The molecule has 2 heteroatoms. The van der Waals surface area contributed by atoms with Gasteiger partial charge in [0, 0.05) is 13.0 Å². The van der Waals surface area contributed by atoms with Crippen LogP contribution in [0.2, 0.25) is 0 Å². The van der Waals surface area contributed by atoms with Gasteiger partial charge in [-0.2, -0.15) is 0 Å². The summed E-state index contributed by atoms with van der Waals surface area (Å²) in [5.41, 5.74) is 3.51. The molecule has 1 aromatic rings. The summed E-state index contributed by atoms with van der Waals surface area (Å²) in [6.07, 6.45) is 4.06. The molecule has 1 rings (SSSR count). The van der Waals surface area contributed by atoms with Crippen LogP contribution < -0.4 is 0 Å². The Hall–Kier alpha value is -1.31. The minimum absolute atomic E-state index is 0.431. The third kappa shape index (κ3) is 2.87. The average molecular weight is 232 g/mol. The van der Waals surface area contributed by atoms with E-state index in [0.29, 0.717) is 11.8 Å². The Morgan fingerprint density at radius 2 is 1.88 bits per heavy atom. The Bertz CT molecular complexity index is 434. The number of hydrogen-bond acceptors (Lipinski definition) is 1. The standard InChI is InChI=1S/C15H24N2/c1-8-13-14(9-12(6)10(2)3)17(7)15(16-13)11(4)5/h8-11H,1H2,2-7H3/b12-9+. The van der Waals surface area contributed by atoms with E-state index in [4.69, 9.17) is 0 Å². The summed E-state index contributed by atoms with van der Waals surface area (Å²) in [6.45, 7) is 14.8. The third-order valence-corrected chi connectivity index (χ3v) is 3.19. The molecule has 0 aromatic carbocycles. The zero-order valence-electron chi connectivity index (χ0n) is 11.9. The van der Waals surface area contributed by atoms with E-state index in [-0.39, 0.29) is 0 Å². The van der Waals surface area contributed by atoms with Crippen molar-refractivity contribution in [2.75, 3.05) is 0 Å². The van der Waals surface area contributed by atoms with Gasteiger partial charge in [-0.3, -0.25) is 0 Å². The van der Waals surface area contributed by atoms with Crippen LogP contribution in [0.25, 0.3) is 12.2 Å². The first-order valence-electron chi connectivity index (χ1n) is 6.25. The summed E-state index contributed by atoms with van der Waals surface area (Å²) in [7, 11) is 2.08. The zero-order chi connectivity index (χ0) is 13.2. The monoisotopic (exact) mass is 232 g/mol. The molecule has 1 aromatic heterocycles. The highest BCUT2D eigenvalue weighted by Gasteiger charge is 2.13. The quantitative estimate of drug-likeness (QED) is 0.759. The van der Waals surface area contributed by atoms with Gasteiger partial charge in [0.2, 0.25) is 0 Å². The van der Waals surface area contributed by atoms with Gasteiger partial charge in [0.25, 0.3) is 0 Å². The van der Waals surface area contributed by atoms with Crippen molar-refractivity contribution in [3.8, 4) is 0 Å². The van der Waals surface area contributed by atoms with Gasteiger partial charge in [-0.1, -0.05) is 39.8 Å². The Labute approximate surface area is 105 Å². The Morgan fingerprint density at radius 1 is 1.29 bits per heavy atom. The molecule has 0 spiro atoms. The second kappa shape index (κ2) is 5.35. The minimum Gasteiger partial charge on any atom is -0.331 e. The van der Waals surface area contributed by atoms with Crippen LogP contribution in [-0.4, -0.2) is 9.55 Å². The number of aromatic nitrogens is 2. The molecule has 0 fully saturated rings. The van der Waals surface area contributed by atoms with Crippen LogP contribution in [0.4, 0.5) is 0 Å². The number of hydrogen-bond donors (Lipinski definition) is 0. The fourth-order valence-corrected chi connectivity index (χ4v) is 1.77. The highest BCUT2D eigenvalue weighted by atomic mass is 15.1. The van der Waals surface area contributed by atoms with E-state index in [1.54, 1.807) is 0 Å². The van der Waals surface area contributed by atoms with Gasteiger partial charge in [0.15, 0.2) is 0 Å². The van der Waals surface area contributed by atoms with Gasteiger partial charge in [-0.15, -0.1) is 0 Å². The SMILES string of the molecule is C=Cc1nc(C(C)C)n(C)c1/C=C(\C)C(C)C. The Balaban J connectivity index is 3.32. The molecule has 94 valence electrons. The summed E-state index contributed by atoms with van der Waals surface area (Å²) in [6, 6.07) is 0. The van der Waals surface area contributed by atoms with Crippen LogP contribution in [0, 0.1) is 5.92 Å². The van der Waals surface area contributed by atoms with Gasteiger partial charge in [0.05, 0.1) is 11.4 Å². The highest BCUT2D eigenvalue weighted by Crippen LogP contribution is 2.22. The minimum atomic E-state index is 0.431. The fourth-order valence-electron chi connectivity index (χ4n) is 1.77. The van der Waals surface area contributed by atoms with Crippen molar-refractivity contribution in [1.29, 1.82) is 0 Å². The molecule has 17 heavy (non-hydrogen) atoms. The molecule has 0 saturated heterocycles. The molecule has 2 nitrogen and oxygen atoms in total. The number of imidazole rings is 1. The maximum absolute atomic E-state index is 4.64. The van der Waals surface area contributed by atoms with Crippen LogP contribution >= 0.6 is 0 Å². The van der Waals surface area contributed by atoms with Crippen LogP contribution in [0.15, 0.2) is 12.2 Å². The smallest absolute Gasteiger partial charge is 0.112 e. The summed E-state index contributed by atoms with van der Waals surface area (Å²) in [4.78, 5) is 4.64. The molecule has 0 N–H and O–H groups in total. The molecule has 1 heterocycles. The van der Waals surface area contributed by atoms with E-state index < -0.39 is 0 Å². The van der Waals surface area contributed by atoms with E-state index >= 15 is 0 Å². The Kier molecular flexibility index (Phi) is 4.33. The van der Waals surface area contributed by atoms with Crippen molar-refractivity contribution in [2.24, 2.45) is 13.0 Å². The summed E-state index contributed by atoms with van der Waals surface area (Å²) in [5, 5.41) is 0. The predicted octanol–water partition coefficient (Wildman–Crippen LogP) is 4.25. The van der Waals surface area contributed by atoms with E-state index in [1.165, 1.54) is 5.57 Å². The molecule has 0 atom stereocenters. The van der Waals surface area contributed by atoms with Gasteiger partial charge >= 0.3 is 0 Å². The van der Waals surface area contributed by atoms with Crippen molar-refractivity contribution in [3.05, 3.63) is 29.4 Å². The van der Waals surface area contributed by atoms with Crippen molar-refractivity contribution in [3.63, 3.8) is 0 Å². The first-order valence-corrected chi connectivity index (χ1v) is 6.25. The molecular formula is C15H24N2. The number of nitrogens with zero attached hydrogens (tertiary/aromatic N) is 2. The molecule has 0 radical (unpaired) electrons. The van der Waals surface area contributed by atoms with E-state index in [9.17, 15) is 0 Å². The number of allylic oxidation sites excluding steroid dienone is 1. The van der Waals surface area contributed by atoms with Gasteiger partial charge in [-0.05, 0) is 25.0 Å². The average Bonchev–Trinajstić information content (AvgIpc) is 2.56. The molecule has 0 unspecified atom stereocenters. The van der Waals surface area contributed by atoms with Crippen molar-refractivity contribution in [2.45, 2.75) is 40.5 Å². The normalized spacial score (nSPS) is 12.6. The first-order chi connectivity index (χ1) is 7.88. The maximum Gasteiger partial charge on any atom is 0.112 e. The number of rotatable bonds is 4. The Morgan fingerprint density at radius 3 is 2.29 bits per heavy atom. The summed E-state index contributed by atoms with van der Waals surface area (Å²) in [5.74, 6) is 2.10. The van der Waals surface area contributed by atoms with Crippen LogP contribution in [0.3, 0.4) is 0 Å². The zero-order valence-corrected chi connectivity index (χ0v) is 11.9. The van der Waals surface area contributed by atoms with E-state index in [1.807, 2.05) is 6.08 Å². The van der Waals surface area contributed by atoms with Crippen molar-refractivity contribution >= 4 is 12.2 Å². The lowest BCUT2D eigenvalue weighted by atomic mass is 10.0. The lowest BCUT2D eigenvalue weighted by molar-refractivity contribution is 0.706. The molecule has 0 saturated carbocycles. The second-order valence-corrected chi connectivity index (χ2v) is 5.20. The fraction of sp³-hybridized carbons (Fsp3) is 0.533. The maximum atomic E-state index is 4.64. The van der Waals surface area contributed by atoms with Crippen LogP contribution in [-0.2, 0) is 7.05 Å². The topological polar surface area (TPSA) is 17.8 Å². The predicted molar refractivity (Wildman–Crippen MR) is 75.9 cm³/mol. The lowest BCUT2D eigenvalue weighted by Gasteiger charge is -2.08. The molecule has 0 aliphatic carbocycles. The molecule has 0 aliphatic heterocycles. The first kappa shape index (κ1) is 13.8. The van der Waals surface area contributed by atoms with Gasteiger partial charge in [-0.25, -0.2) is 4.98 Å². The van der Waals surface area contributed by atoms with Crippen LogP contribution in [0.1, 0.15) is 57.7 Å². The van der Waals surface area contributed by atoms with Crippen molar-refractivity contribution in [1.82, 2.24) is 9.55 Å². The largest absolute Gasteiger partial charge is 0.331 e. The summed E-state index contributed by atoms with van der Waals surface area (Å²) < 4.78 is 2.17. The molecule has 0 aliphatic rings. The van der Waals surface area contributed by atoms with Crippen molar-refractivity contribution < 1.29 is 0 Å². The summed E-state index contributed by atoms with van der Waals surface area (Å²) >= 11 is 0. The van der Waals surface area contributed by atoms with E-state index in [0.717, 1.165) is 17.2 Å². The lowest BCUT2D eigenvalue weighted by Crippen LogP contribution is -2.01. The van der Waals surface area contributed by atoms with E-state index in [2.05, 4.69) is 63.9 Å². The molecule has 0 amide bonds. The molecule has 0 bridgehead atoms. The second-order valence-electron chi connectivity index (χ2n) is 5.20. The van der Waals surface area contributed by atoms with Gasteiger partial charge in [0.1, 0.15) is 5.82 Å². The third-order valence-electron chi connectivity index (χ3n) is 3.19. The highest BCUT2D eigenvalue weighted by molar-refractivity contribution is 5.61. The molecular weight excluding hydrogens is 208 g/mol. The van der Waals surface area contributed by atoms with Gasteiger partial charge < -0.3 is 4.57 Å².